The fraction of sp³-hybridized carbons (Fsp3) is 0.526. The van der Waals surface area contributed by atoms with Gasteiger partial charge in [0.2, 0.25) is 11.8 Å². The molecule has 0 heterocycles. The van der Waals surface area contributed by atoms with Gasteiger partial charge in [0.05, 0.1) is 11.3 Å². The maximum atomic E-state index is 13.6. The highest BCUT2D eigenvalue weighted by Crippen LogP contribution is 2.48. The Kier molecular flexibility index (Phi) is 8.30. The van der Waals surface area contributed by atoms with Crippen molar-refractivity contribution in [1.29, 1.82) is 0 Å². The highest BCUT2D eigenvalue weighted by Gasteiger charge is 2.76. The van der Waals surface area contributed by atoms with E-state index in [4.69, 9.17) is 4.55 Å². The number of alkyl halides is 6. The van der Waals surface area contributed by atoms with Crippen LogP contribution in [0.15, 0.2) is 0 Å². The zero-order chi connectivity index (χ0) is 27.9. The predicted octanol–water partition coefficient (Wildman–Crippen LogP) is 3.46. The lowest BCUT2D eigenvalue weighted by atomic mass is 9.93. The third-order valence-electron chi connectivity index (χ3n) is 5.09. The molecule has 0 unspecified atom stereocenters. The Morgan fingerprint density at radius 3 is 1.74 bits per heavy atom. The third-order valence-corrected chi connectivity index (χ3v) is 5.86. The van der Waals surface area contributed by atoms with Crippen LogP contribution in [-0.4, -0.2) is 61.5 Å². The van der Waals surface area contributed by atoms with Crippen molar-refractivity contribution in [2.45, 2.75) is 52.6 Å². The summed E-state index contributed by atoms with van der Waals surface area (Å²) in [5.74, 6) is -6.67. The summed E-state index contributed by atoms with van der Waals surface area (Å²) in [6.45, 7) is 5.69. The first-order valence-electron chi connectivity index (χ1n) is 9.46. The molecule has 0 atom stereocenters. The molecular formula is C19H22F6N2O7S. The van der Waals surface area contributed by atoms with Crippen molar-refractivity contribution in [3.05, 3.63) is 22.3 Å². The number of carbonyl (C=O) groups excluding carboxylic acids is 3. The zero-order valence-corrected chi connectivity index (χ0v) is 20.0. The van der Waals surface area contributed by atoms with Gasteiger partial charge in [-0.2, -0.15) is 34.8 Å². The molecule has 0 bridgehead atoms. The topological polar surface area (TPSA) is 130 Å². The minimum Gasteiger partial charge on any atom is -0.435 e. The first kappa shape index (κ1) is 30.2. The van der Waals surface area contributed by atoms with Crippen LogP contribution < -0.4 is 10.2 Å². The summed E-state index contributed by atoms with van der Waals surface area (Å²) in [5, 5.41) is 2.29. The third kappa shape index (κ3) is 6.04. The molecule has 198 valence electrons. The lowest BCUT2D eigenvalue weighted by Gasteiger charge is -2.36. The van der Waals surface area contributed by atoms with Crippen molar-refractivity contribution in [2.75, 3.05) is 23.0 Å². The van der Waals surface area contributed by atoms with Gasteiger partial charge in [-0.1, -0.05) is 0 Å². The Morgan fingerprint density at radius 2 is 1.40 bits per heavy atom. The van der Waals surface area contributed by atoms with Gasteiger partial charge in [0, 0.05) is 26.6 Å². The number of hydrogen-bond donors (Lipinski definition) is 2. The van der Waals surface area contributed by atoms with E-state index >= 15 is 0 Å². The van der Waals surface area contributed by atoms with E-state index in [1.165, 1.54) is 14.0 Å². The highest BCUT2D eigenvalue weighted by atomic mass is 32.2. The lowest BCUT2D eigenvalue weighted by molar-refractivity contribution is -0.356. The number of carbonyl (C=O) groups is 3. The van der Waals surface area contributed by atoms with Gasteiger partial charge in [0.15, 0.2) is 0 Å². The summed E-state index contributed by atoms with van der Waals surface area (Å²) in [7, 11) is -4.78. The molecule has 35 heavy (non-hydrogen) atoms. The molecule has 0 aliphatic heterocycles. The maximum absolute atomic E-state index is 13.6. The molecule has 1 rings (SSSR count). The van der Waals surface area contributed by atoms with E-state index in [1.54, 1.807) is 0 Å². The van der Waals surface area contributed by atoms with Gasteiger partial charge < -0.3 is 15.0 Å². The van der Waals surface area contributed by atoms with Crippen LogP contribution in [-0.2, 0) is 24.4 Å². The average Bonchev–Trinajstić information content (AvgIpc) is 2.61. The minimum atomic E-state index is -6.53. The van der Waals surface area contributed by atoms with Crippen LogP contribution in [0.4, 0.5) is 37.7 Å². The van der Waals surface area contributed by atoms with E-state index in [1.807, 2.05) is 0 Å². The second-order valence-corrected chi connectivity index (χ2v) is 9.12. The number of ether oxygens (including phenoxy) is 1. The number of hydrogen-bond acceptors (Lipinski definition) is 6. The number of esters is 1. The molecule has 0 aliphatic rings. The second-order valence-electron chi connectivity index (χ2n) is 7.67. The number of anilines is 2. The smallest absolute Gasteiger partial charge is 0.435 e. The summed E-state index contributed by atoms with van der Waals surface area (Å²) < 4.78 is 117. The quantitative estimate of drug-likeness (QED) is 0.324. The van der Waals surface area contributed by atoms with Crippen LogP contribution in [0.1, 0.15) is 40.9 Å². The minimum absolute atomic E-state index is 0.127. The van der Waals surface area contributed by atoms with E-state index in [0.29, 0.717) is 0 Å². The van der Waals surface area contributed by atoms with E-state index in [2.05, 4.69) is 10.1 Å². The molecule has 0 aliphatic carbocycles. The Labute approximate surface area is 196 Å². The number of halogens is 6. The van der Waals surface area contributed by atoms with Crippen LogP contribution in [0, 0.1) is 20.8 Å². The van der Waals surface area contributed by atoms with Gasteiger partial charge in [-0.25, -0.2) is 4.79 Å². The number of nitrogens with zero attached hydrogens (tertiary/aromatic N) is 1. The molecule has 0 fully saturated rings. The highest BCUT2D eigenvalue weighted by molar-refractivity contribution is 7.85. The van der Waals surface area contributed by atoms with Crippen molar-refractivity contribution in [1.82, 2.24) is 0 Å². The van der Waals surface area contributed by atoms with Gasteiger partial charge in [0.1, 0.15) is 5.75 Å². The molecule has 16 heteroatoms. The normalized spacial score (nSPS) is 12.8. The molecular weight excluding hydrogens is 514 g/mol. The van der Waals surface area contributed by atoms with Crippen molar-refractivity contribution in [3.63, 3.8) is 0 Å². The summed E-state index contributed by atoms with van der Waals surface area (Å²) in [4.78, 5) is 37.4. The summed E-state index contributed by atoms with van der Waals surface area (Å²) >= 11 is 0. The van der Waals surface area contributed by atoms with Gasteiger partial charge in [-0.15, -0.1) is 0 Å². The monoisotopic (exact) mass is 536 g/mol. The Morgan fingerprint density at radius 1 is 0.943 bits per heavy atom. The summed E-state index contributed by atoms with van der Waals surface area (Å²) in [5.41, 5.74) is -7.30. The first-order valence-corrected chi connectivity index (χ1v) is 11.1. The number of nitrogens with one attached hydrogen (secondary N) is 1. The SMILES string of the molecule is CC(=O)Nc1c(C)c(C(=O)OC(CS(=O)(=O)O)(C(F)(F)F)C(F)(F)F)c(C)c(N(C)C(C)=O)c1C. The van der Waals surface area contributed by atoms with Crippen LogP contribution in [0.5, 0.6) is 0 Å². The van der Waals surface area contributed by atoms with E-state index in [-0.39, 0.29) is 28.1 Å². The Hall–Kier alpha value is -2.88. The zero-order valence-electron chi connectivity index (χ0n) is 19.2. The van der Waals surface area contributed by atoms with Gasteiger partial charge in [0.25, 0.3) is 10.1 Å². The van der Waals surface area contributed by atoms with E-state index < -0.39 is 57.2 Å². The predicted molar refractivity (Wildman–Crippen MR) is 111 cm³/mol. The molecule has 0 aromatic heterocycles. The average molecular weight is 536 g/mol. The number of amides is 2. The van der Waals surface area contributed by atoms with Crippen LogP contribution in [0.2, 0.25) is 0 Å². The molecule has 2 N–H and O–H groups in total. The molecule has 0 saturated heterocycles. The Balaban J connectivity index is 4.03. The molecule has 1 aromatic carbocycles. The van der Waals surface area contributed by atoms with Crippen molar-refractivity contribution >= 4 is 39.3 Å². The fourth-order valence-electron chi connectivity index (χ4n) is 3.47. The largest absolute Gasteiger partial charge is 0.438 e. The maximum Gasteiger partial charge on any atom is 0.438 e. The summed E-state index contributed by atoms with van der Waals surface area (Å²) in [6.07, 6.45) is -13.1. The van der Waals surface area contributed by atoms with Gasteiger partial charge >= 0.3 is 23.9 Å². The molecule has 9 nitrogen and oxygen atoms in total. The van der Waals surface area contributed by atoms with Crippen LogP contribution in [0.3, 0.4) is 0 Å². The van der Waals surface area contributed by atoms with Crippen LogP contribution >= 0.6 is 0 Å². The molecule has 0 spiro atoms. The first-order chi connectivity index (χ1) is 15.5. The van der Waals surface area contributed by atoms with E-state index in [9.17, 15) is 49.1 Å². The number of benzene rings is 1. The fourth-order valence-corrected chi connectivity index (χ4v) is 4.37. The lowest BCUT2D eigenvalue weighted by Crippen LogP contribution is -2.63. The van der Waals surface area contributed by atoms with Crippen molar-refractivity contribution in [2.24, 2.45) is 0 Å². The van der Waals surface area contributed by atoms with E-state index in [0.717, 1.165) is 32.6 Å². The van der Waals surface area contributed by atoms with Gasteiger partial charge in [-0.05, 0) is 37.5 Å². The summed E-state index contributed by atoms with van der Waals surface area (Å²) in [6, 6.07) is 0. The molecule has 0 saturated carbocycles. The number of rotatable bonds is 6. The molecule has 0 radical (unpaired) electrons. The van der Waals surface area contributed by atoms with Gasteiger partial charge in [-0.3, -0.25) is 14.1 Å². The van der Waals surface area contributed by atoms with Crippen LogP contribution in [0.25, 0.3) is 0 Å². The van der Waals surface area contributed by atoms with Crippen molar-refractivity contribution in [3.8, 4) is 0 Å². The van der Waals surface area contributed by atoms with Crippen molar-refractivity contribution < 1.29 is 58.4 Å². The standard InChI is InChI=1S/C19H22F6N2O7S/c1-8-13(9(2)15(27(6)12(5)29)10(3)14(8)26-11(4)28)16(30)34-17(18(20,21)22,19(23,24)25)7-35(31,32)33/h7H2,1-6H3,(H,26,28)(H,31,32,33). The molecule has 1 aromatic rings. The molecule has 2 amide bonds. The second kappa shape index (κ2) is 9.64. The Bertz CT molecular complexity index is 1150.